The van der Waals surface area contributed by atoms with Crippen molar-refractivity contribution in [1.82, 2.24) is 0 Å². The Morgan fingerprint density at radius 2 is 1.42 bits per heavy atom. The minimum Gasteiger partial charge on any atom is -0.480 e. The fourth-order valence-electron chi connectivity index (χ4n) is 4.10. The summed E-state index contributed by atoms with van der Waals surface area (Å²) >= 11 is 25.7. The van der Waals surface area contributed by atoms with E-state index in [0.717, 1.165) is 5.57 Å². The monoisotopic (exact) mass is 604 g/mol. The lowest BCUT2D eigenvalue weighted by Crippen LogP contribution is -2.43. The van der Waals surface area contributed by atoms with Crippen LogP contribution in [0.1, 0.15) is 55.5 Å². The summed E-state index contributed by atoms with van der Waals surface area (Å²) in [5.41, 5.74) is 0.143. The maximum atomic E-state index is 13.9. The summed E-state index contributed by atoms with van der Waals surface area (Å²) in [7, 11) is 0. The lowest BCUT2D eigenvalue weighted by Gasteiger charge is -2.39. The number of carbonyl (C=O) groups is 3. The highest BCUT2D eigenvalue weighted by atomic mass is 35.5. The van der Waals surface area contributed by atoms with Gasteiger partial charge < -0.3 is 24.4 Å². The van der Waals surface area contributed by atoms with Crippen molar-refractivity contribution in [2.24, 2.45) is 0 Å². The van der Waals surface area contributed by atoms with Gasteiger partial charge >= 0.3 is 11.9 Å². The van der Waals surface area contributed by atoms with Gasteiger partial charge in [-0.2, -0.15) is 0 Å². The summed E-state index contributed by atoms with van der Waals surface area (Å²) in [5, 5.41) is 17.7. The molecule has 12 heteroatoms. The Balaban J connectivity index is 2.00. The highest BCUT2D eigenvalue weighted by molar-refractivity contribution is 6.45. The molecule has 1 aliphatic rings. The number of hydrogen-bond donors (Lipinski definition) is 2. The standard InChI is InChI=1S/C26H24Cl4O8/c1-3-13-9-10-26(4-2,25(35)15-6-8-17(23(30)21(15)28)37-12-19(33)34)38-24(13)14-5-7-16(22(29)20(14)27)36-11-18(31)32/h5-8H,3-4,9-12H2,1-2H3,(H,31,32)(H,33,34). The molecule has 1 unspecified atom stereocenters. The Bertz CT molecular complexity index is 1310. The normalized spacial score (nSPS) is 17.1. The van der Waals surface area contributed by atoms with Crippen LogP contribution in [0.15, 0.2) is 29.8 Å². The molecule has 2 aromatic carbocycles. The van der Waals surface area contributed by atoms with Crippen molar-refractivity contribution in [2.45, 2.75) is 45.1 Å². The zero-order chi connectivity index (χ0) is 28.2. The minimum absolute atomic E-state index is 0.0164. The molecule has 0 radical (unpaired) electrons. The molecule has 0 spiro atoms. The van der Waals surface area contributed by atoms with Crippen LogP contribution in [0.2, 0.25) is 20.1 Å². The van der Waals surface area contributed by atoms with Gasteiger partial charge in [0, 0.05) is 11.1 Å². The van der Waals surface area contributed by atoms with E-state index in [9.17, 15) is 14.4 Å². The van der Waals surface area contributed by atoms with Gasteiger partial charge in [-0.15, -0.1) is 0 Å². The summed E-state index contributed by atoms with van der Waals surface area (Å²) in [5.74, 6) is -2.24. The van der Waals surface area contributed by atoms with Gasteiger partial charge in [0.25, 0.3) is 0 Å². The number of ketones is 1. The number of ether oxygens (including phenoxy) is 3. The molecule has 1 heterocycles. The molecule has 0 fully saturated rings. The molecule has 0 saturated carbocycles. The minimum atomic E-state index is -1.31. The number of carboxylic acid groups (broad SMARTS) is 2. The Labute approximate surface area is 239 Å². The lowest BCUT2D eigenvalue weighted by molar-refractivity contribution is -0.140. The first-order chi connectivity index (χ1) is 18.0. The predicted octanol–water partition coefficient (Wildman–Crippen LogP) is 7.19. The van der Waals surface area contributed by atoms with Crippen LogP contribution < -0.4 is 9.47 Å². The van der Waals surface area contributed by atoms with Gasteiger partial charge in [0.05, 0.1) is 10.0 Å². The number of carbonyl (C=O) groups excluding carboxylic acids is 1. The molecule has 2 N–H and O–H groups in total. The third kappa shape index (κ3) is 6.15. The summed E-state index contributed by atoms with van der Waals surface area (Å²) in [4.78, 5) is 35.6. The van der Waals surface area contributed by atoms with Crippen LogP contribution in [0.3, 0.4) is 0 Å². The van der Waals surface area contributed by atoms with Crippen LogP contribution in [0.4, 0.5) is 0 Å². The highest BCUT2D eigenvalue weighted by Crippen LogP contribution is 2.47. The molecule has 0 aliphatic carbocycles. The van der Waals surface area contributed by atoms with Crippen molar-refractivity contribution in [3.63, 3.8) is 0 Å². The van der Waals surface area contributed by atoms with Gasteiger partial charge in [0.2, 0.25) is 5.78 Å². The number of carboxylic acids is 2. The summed E-state index contributed by atoms with van der Waals surface area (Å²) in [6.07, 6.45) is 1.81. The molecular weight excluding hydrogens is 582 g/mol. The van der Waals surface area contributed by atoms with Crippen LogP contribution in [0, 0.1) is 0 Å². The van der Waals surface area contributed by atoms with E-state index in [1.54, 1.807) is 6.07 Å². The molecule has 0 saturated heterocycles. The average Bonchev–Trinajstić information content (AvgIpc) is 2.89. The van der Waals surface area contributed by atoms with E-state index in [0.29, 0.717) is 37.0 Å². The van der Waals surface area contributed by atoms with Gasteiger partial charge in [-0.05, 0) is 55.5 Å². The molecule has 3 rings (SSSR count). The Kier molecular flexibility index (Phi) is 9.81. The fraction of sp³-hybridized carbons (Fsp3) is 0.346. The fourth-order valence-corrected chi connectivity index (χ4v) is 5.02. The third-order valence-electron chi connectivity index (χ3n) is 6.15. The number of hydrogen-bond acceptors (Lipinski definition) is 6. The van der Waals surface area contributed by atoms with Crippen molar-refractivity contribution in [1.29, 1.82) is 0 Å². The largest absolute Gasteiger partial charge is 0.480 e. The van der Waals surface area contributed by atoms with E-state index < -0.39 is 36.5 Å². The van der Waals surface area contributed by atoms with Crippen molar-refractivity contribution in [3.05, 3.63) is 61.1 Å². The Hall–Kier alpha value is -2.65. The van der Waals surface area contributed by atoms with Crippen LogP contribution >= 0.6 is 46.4 Å². The second-order valence-corrected chi connectivity index (χ2v) is 9.92. The zero-order valence-corrected chi connectivity index (χ0v) is 23.4. The molecule has 1 aliphatic heterocycles. The van der Waals surface area contributed by atoms with E-state index in [2.05, 4.69) is 0 Å². The molecule has 0 amide bonds. The van der Waals surface area contributed by atoms with E-state index >= 15 is 0 Å². The number of halogens is 4. The second-order valence-electron chi connectivity index (χ2n) is 8.41. The number of Topliss-reactive ketones (excluding diaryl/α,β-unsaturated/α-hetero) is 1. The van der Waals surface area contributed by atoms with Crippen molar-refractivity contribution < 1.29 is 38.8 Å². The van der Waals surface area contributed by atoms with Gasteiger partial charge in [-0.3, -0.25) is 4.79 Å². The number of allylic oxidation sites excluding steroid dienone is 1. The smallest absolute Gasteiger partial charge is 0.341 e. The van der Waals surface area contributed by atoms with Crippen molar-refractivity contribution in [3.8, 4) is 11.5 Å². The van der Waals surface area contributed by atoms with Crippen molar-refractivity contribution >= 4 is 69.9 Å². The van der Waals surface area contributed by atoms with Crippen LogP contribution in [0.5, 0.6) is 11.5 Å². The third-order valence-corrected chi connectivity index (χ3v) is 7.88. The quantitative estimate of drug-likeness (QED) is 0.258. The van der Waals surface area contributed by atoms with E-state index in [1.807, 2.05) is 13.8 Å². The molecule has 0 aromatic heterocycles. The summed E-state index contributed by atoms with van der Waals surface area (Å²) < 4.78 is 16.8. The maximum Gasteiger partial charge on any atom is 0.341 e. The van der Waals surface area contributed by atoms with E-state index in [-0.39, 0.29) is 37.2 Å². The first-order valence-corrected chi connectivity index (χ1v) is 13.1. The number of benzene rings is 2. The van der Waals surface area contributed by atoms with Crippen LogP contribution in [-0.2, 0) is 14.3 Å². The molecule has 204 valence electrons. The lowest BCUT2D eigenvalue weighted by atomic mass is 9.81. The molecule has 8 nitrogen and oxygen atoms in total. The van der Waals surface area contributed by atoms with Crippen molar-refractivity contribution in [2.75, 3.05) is 13.2 Å². The van der Waals surface area contributed by atoms with Crippen LogP contribution in [-0.4, -0.2) is 46.7 Å². The second kappa shape index (κ2) is 12.5. The molecule has 0 bridgehead atoms. The van der Waals surface area contributed by atoms with Gasteiger partial charge in [-0.1, -0.05) is 60.3 Å². The Morgan fingerprint density at radius 1 is 0.868 bits per heavy atom. The molecule has 1 atom stereocenters. The summed E-state index contributed by atoms with van der Waals surface area (Å²) in [6.45, 7) is 2.55. The highest BCUT2D eigenvalue weighted by Gasteiger charge is 2.44. The van der Waals surface area contributed by atoms with Gasteiger partial charge in [-0.25, -0.2) is 9.59 Å². The van der Waals surface area contributed by atoms with Gasteiger partial charge in [0.1, 0.15) is 27.3 Å². The number of rotatable bonds is 11. The molecule has 2 aromatic rings. The SMILES string of the molecule is CCC1=C(c2ccc(OCC(=O)O)c(Cl)c2Cl)OC(CC)(C(=O)c2ccc(OCC(=O)O)c(Cl)c2Cl)CC1. The topological polar surface area (TPSA) is 119 Å². The van der Waals surface area contributed by atoms with Gasteiger partial charge in [0.15, 0.2) is 18.8 Å². The Morgan fingerprint density at radius 3 is 1.95 bits per heavy atom. The average molecular weight is 606 g/mol. The molecular formula is C26H24Cl4O8. The zero-order valence-electron chi connectivity index (χ0n) is 20.4. The predicted molar refractivity (Wildman–Crippen MR) is 144 cm³/mol. The first-order valence-electron chi connectivity index (χ1n) is 11.6. The van der Waals surface area contributed by atoms with E-state index in [4.69, 9.17) is 70.8 Å². The van der Waals surface area contributed by atoms with E-state index in [1.165, 1.54) is 18.2 Å². The maximum absolute atomic E-state index is 13.9. The first kappa shape index (κ1) is 29.9. The summed E-state index contributed by atoms with van der Waals surface area (Å²) in [6, 6.07) is 5.90. The van der Waals surface area contributed by atoms with Crippen LogP contribution in [0.25, 0.3) is 5.76 Å². The molecule has 38 heavy (non-hydrogen) atoms. The number of aliphatic carboxylic acids is 2.